The third-order valence-electron chi connectivity index (χ3n) is 3.26. The maximum Gasteiger partial charge on any atom is 0.335 e. The van der Waals surface area contributed by atoms with Crippen molar-refractivity contribution >= 4 is 23.3 Å². The Morgan fingerprint density at radius 2 is 2.15 bits per heavy atom. The number of anilines is 1. The number of hydrogen-bond acceptors (Lipinski definition) is 3. The van der Waals surface area contributed by atoms with E-state index in [1.54, 1.807) is 6.07 Å². The average molecular weight is 274 g/mol. The van der Waals surface area contributed by atoms with Crippen molar-refractivity contribution in [1.82, 2.24) is 0 Å². The zero-order chi connectivity index (χ0) is 14.9. The van der Waals surface area contributed by atoms with Crippen LogP contribution in [0.15, 0.2) is 23.2 Å². The lowest BCUT2D eigenvalue weighted by molar-refractivity contribution is -0.117. The van der Waals surface area contributed by atoms with E-state index in [4.69, 9.17) is 5.11 Å². The maximum absolute atomic E-state index is 12.2. The van der Waals surface area contributed by atoms with E-state index in [2.05, 4.69) is 10.3 Å². The molecular formula is C15H18N2O3. The first-order valence-electron chi connectivity index (χ1n) is 6.61. The highest BCUT2D eigenvalue weighted by Gasteiger charge is 2.24. The summed E-state index contributed by atoms with van der Waals surface area (Å²) in [6, 6.07) is 4.27. The molecule has 1 atom stereocenters. The summed E-state index contributed by atoms with van der Waals surface area (Å²) in [6.45, 7) is 5.92. The van der Waals surface area contributed by atoms with Crippen LogP contribution >= 0.6 is 0 Å². The lowest BCUT2D eigenvalue weighted by Crippen LogP contribution is -2.26. The first-order chi connectivity index (χ1) is 9.38. The highest BCUT2D eigenvalue weighted by Crippen LogP contribution is 2.24. The Hall–Kier alpha value is -2.17. The molecule has 0 bridgehead atoms. The zero-order valence-corrected chi connectivity index (χ0v) is 11.8. The van der Waals surface area contributed by atoms with Gasteiger partial charge in [-0.05, 0) is 31.4 Å². The van der Waals surface area contributed by atoms with Crippen LogP contribution in [0.2, 0.25) is 0 Å². The van der Waals surface area contributed by atoms with E-state index in [-0.39, 0.29) is 11.5 Å². The number of carbonyl (C=O) groups is 2. The van der Waals surface area contributed by atoms with Crippen LogP contribution in [0.4, 0.5) is 5.69 Å². The molecule has 2 N–H and O–H groups in total. The maximum atomic E-state index is 12.2. The van der Waals surface area contributed by atoms with Crippen molar-refractivity contribution in [3.8, 4) is 0 Å². The molecule has 0 saturated carbocycles. The van der Waals surface area contributed by atoms with Crippen molar-refractivity contribution in [1.29, 1.82) is 0 Å². The lowest BCUT2D eigenvalue weighted by atomic mass is 10.0. The first-order valence-corrected chi connectivity index (χ1v) is 6.61. The molecule has 5 nitrogen and oxygen atoms in total. The van der Waals surface area contributed by atoms with Gasteiger partial charge in [0.2, 0.25) is 5.91 Å². The predicted octanol–water partition coefficient (Wildman–Crippen LogP) is 2.56. The molecule has 1 aromatic rings. The molecule has 106 valence electrons. The lowest BCUT2D eigenvalue weighted by Gasteiger charge is -2.12. The molecule has 1 aliphatic rings. The van der Waals surface area contributed by atoms with E-state index in [0.717, 1.165) is 11.3 Å². The molecule has 1 heterocycles. The minimum atomic E-state index is -1.01. The Kier molecular flexibility index (Phi) is 3.88. The summed E-state index contributed by atoms with van der Waals surface area (Å²) < 4.78 is 0. The number of fused-ring (bicyclic) bond motifs is 1. The minimum Gasteiger partial charge on any atom is -0.478 e. The molecular weight excluding hydrogens is 256 g/mol. The molecule has 1 aromatic carbocycles. The van der Waals surface area contributed by atoms with Gasteiger partial charge in [-0.15, -0.1) is 0 Å². The third kappa shape index (κ3) is 2.87. The van der Waals surface area contributed by atoms with Gasteiger partial charge < -0.3 is 10.4 Å². The number of carbonyl (C=O) groups excluding carboxylic acids is 1. The van der Waals surface area contributed by atoms with Gasteiger partial charge in [0.15, 0.2) is 0 Å². The highest BCUT2D eigenvalue weighted by molar-refractivity contribution is 6.11. The van der Waals surface area contributed by atoms with Gasteiger partial charge in [-0.2, -0.15) is 0 Å². The molecule has 0 saturated heterocycles. The molecule has 0 spiro atoms. The van der Waals surface area contributed by atoms with Gasteiger partial charge in [-0.3, -0.25) is 9.79 Å². The van der Waals surface area contributed by atoms with Crippen LogP contribution in [-0.4, -0.2) is 28.7 Å². The monoisotopic (exact) mass is 274 g/mol. The highest BCUT2D eigenvalue weighted by atomic mass is 16.4. The molecule has 1 aliphatic heterocycles. The number of amides is 1. The van der Waals surface area contributed by atoms with Gasteiger partial charge in [0.1, 0.15) is 6.04 Å². The molecule has 0 radical (unpaired) electrons. The molecule has 1 amide bonds. The average Bonchev–Trinajstić information content (AvgIpc) is 2.46. The Morgan fingerprint density at radius 3 is 2.75 bits per heavy atom. The van der Waals surface area contributed by atoms with Gasteiger partial charge in [0.05, 0.1) is 11.3 Å². The fraction of sp³-hybridized carbons (Fsp3) is 0.400. The summed E-state index contributed by atoms with van der Waals surface area (Å²) in [7, 11) is 0. The van der Waals surface area contributed by atoms with Crippen molar-refractivity contribution in [2.45, 2.75) is 33.2 Å². The fourth-order valence-electron chi connectivity index (χ4n) is 2.28. The fourth-order valence-corrected chi connectivity index (χ4v) is 2.28. The number of nitrogens with one attached hydrogen (secondary N) is 1. The zero-order valence-electron chi connectivity index (χ0n) is 11.8. The van der Waals surface area contributed by atoms with E-state index in [1.165, 1.54) is 12.1 Å². The van der Waals surface area contributed by atoms with Crippen LogP contribution < -0.4 is 5.32 Å². The van der Waals surface area contributed by atoms with E-state index >= 15 is 0 Å². The second-order valence-electron chi connectivity index (χ2n) is 5.41. The number of rotatable bonds is 3. The van der Waals surface area contributed by atoms with Crippen molar-refractivity contribution in [2.24, 2.45) is 10.9 Å². The molecule has 0 fully saturated rings. The molecule has 20 heavy (non-hydrogen) atoms. The summed E-state index contributed by atoms with van der Waals surface area (Å²) >= 11 is 0. The third-order valence-corrected chi connectivity index (χ3v) is 3.26. The quantitative estimate of drug-likeness (QED) is 0.889. The number of carboxylic acid groups (broad SMARTS) is 1. The largest absolute Gasteiger partial charge is 0.478 e. The van der Waals surface area contributed by atoms with Gasteiger partial charge in [-0.25, -0.2) is 4.79 Å². The summed E-state index contributed by atoms with van der Waals surface area (Å²) in [6.07, 6.45) is 0.670. The molecule has 5 heteroatoms. The van der Waals surface area contributed by atoms with Gasteiger partial charge >= 0.3 is 5.97 Å². The molecule has 2 rings (SSSR count). The standard InChI is InChI=1S/C15H18N2O3/c1-8(2)6-13-14(18)17-12-7-10(15(19)20)4-5-11(12)9(3)16-13/h4-5,7-8,13H,6H2,1-3H3,(H,17,18)(H,19,20)/t13-/m1/s1. The van der Waals surface area contributed by atoms with Crippen LogP contribution in [0.1, 0.15) is 43.1 Å². The van der Waals surface area contributed by atoms with Crippen LogP contribution in [0.3, 0.4) is 0 Å². The summed E-state index contributed by atoms with van der Waals surface area (Å²) in [5.41, 5.74) is 2.19. The summed E-state index contributed by atoms with van der Waals surface area (Å²) in [4.78, 5) is 27.6. The Morgan fingerprint density at radius 1 is 1.45 bits per heavy atom. The van der Waals surface area contributed by atoms with E-state index in [1.807, 2.05) is 20.8 Å². The van der Waals surface area contributed by atoms with Crippen LogP contribution in [0.5, 0.6) is 0 Å². The van der Waals surface area contributed by atoms with Gasteiger partial charge in [0, 0.05) is 11.3 Å². The summed E-state index contributed by atoms with van der Waals surface area (Å²) in [5.74, 6) is -0.836. The van der Waals surface area contributed by atoms with Crippen LogP contribution in [-0.2, 0) is 4.79 Å². The van der Waals surface area contributed by atoms with Crippen LogP contribution in [0.25, 0.3) is 0 Å². The smallest absolute Gasteiger partial charge is 0.335 e. The van der Waals surface area contributed by atoms with Gasteiger partial charge in [-0.1, -0.05) is 19.9 Å². The molecule has 0 aliphatic carbocycles. The predicted molar refractivity (Wildman–Crippen MR) is 77.5 cm³/mol. The molecule has 0 unspecified atom stereocenters. The van der Waals surface area contributed by atoms with Gasteiger partial charge in [0.25, 0.3) is 0 Å². The van der Waals surface area contributed by atoms with Crippen molar-refractivity contribution in [2.75, 3.05) is 5.32 Å². The molecule has 0 aromatic heterocycles. The van der Waals surface area contributed by atoms with E-state index < -0.39 is 12.0 Å². The van der Waals surface area contributed by atoms with Crippen LogP contribution in [0, 0.1) is 5.92 Å². The van der Waals surface area contributed by atoms with E-state index in [0.29, 0.717) is 18.0 Å². The number of benzene rings is 1. The minimum absolute atomic E-state index is 0.152. The number of aromatic carboxylic acids is 1. The number of hydrogen-bond donors (Lipinski definition) is 2. The number of carboxylic acids is 1. The van der Waals surface area contributed by atoms with Crippen molar-refractivity contribution < 1.29 is 14.7 Å². The van der Waals surface area contributed by atoms with Crippen molar-refractivity contribution in [3.05, 3.63) is 29.3 Å². The second-order valence-corrected chi connectivity index (χ2v) is 5.41. The second kappa shape index (κ2) is 5.45. The summed E-state index contributed by atoms with van der Waals surface area (Å²) in [5, 5.41) is 11.8. The van der Waals surface area contributed by atoms with E-state index in [9.17, 15) is 9.59 Å². The Bertz CT molecular complexity index is 591. The Labute approximate surface area is 117 Å². The number of nitrogens with zero attached hydrogens (tertiary/aromatic N) is 1. The topological polar surface area (TPSA) is 78.8 Å². The number of aliphatic imine (C=N–C) groups is 1. The van der Waals surface area contributed by atoms with Crippen molar-refractivity contribution in [3.63, 3.8) is 0 Å². The SMILES string of the molecule is CC1=N[C@H](CC(C)C)C(=O)Nc2cc(C(=O)O)ccc21. The Balaban J connectivity index is 2.41. The first kappa shape index (κ1) is 14.2. The number of benzodiazepines with no additional fused rings is 1. The normalized spacial score (nSPS) is 18.1.